The van der Waals surface area contributed by atoms with E-state index in [4.69, 9.17) is 10.1 Å². The van der Waals surface area contributed by atoms with Crippen LogP contribution in [0.4, 0.5) is 0 Å². The van der Waals surface area contributed by atoms with Crippen molar-refractivity contribution in [3.05, 3.63) is 52.9 Å². The first kappa shape index (κ1) is 23.5. The number of pyridine rings is 1. The Hall–Kier alpha value is -2.91. The topological polar surface area (TPSA) is 81.0 Å². The SMILES string of the molecule is CCC(=O)N1CCc2c(c(-c3cccc4cc(-c5cnc(C)s5)ncc34)nn2C2CCS(=O)CC2)C1. The van der Waals surface area contributed by atoms with Gasteiger partial charge >= 0.3 is 0 Å². The molecule has 0 aliphatic carbocycles. The number of carbonyl (C=O) groups excluding carboxylic acids is 1. The van der Waals surface area contributed by atoms with Crippen molar-refractivity contribution in [1.29, 1.82) is 0 Å². The van der Waals surface area contributed by atoms with Crippen molar-refractivity contribution < 1.29 is 9.00 Å². The van der Waals surface area contributed by atoms with Gasteiger partial charge < -0.3 is 4.90 Å². The molecule has 2 aliphatic rings. The lowest BCUT2D eigenvalue weighted by atomic mass is 9.97. The Balaban J connectivity index is 1.47. The molecule has 0 unspecified atom stereocenters. The molecule has 0 bridgehead atoms. The number of aryl methyl sites for hydroxylation is 1. The summed E-state index contributed by atoms with van der Waals surface area (Å²) in [7, 11) is -0.720. The van der Waals surface area contributed by atoms with Crippen molar-refractivity contribution >= 4 is 38.8 Å². The highest BCUT2D eigenvalue weighted by molar-refractivity contribution is 7.85. The third kappa shape index (κ3) is 4.18. The second-order valence-corrected chi connectivity index (χ2v) is 12.5. The van der Waals surface area contributed by atoms with E-state index in [1.54, 1.807) is 11.3 Å². The van der Waals surface area contributed by atoms with Gasteiger partial charge in [0, 0.05) is 82.8 Å². The van der Waals surface area contributed by atoms with Crippen LogP contribution in [0.3, 0.4) is 0 Å². The lowest BCUT2D eigenvalue weighted by Gasteiger charge is -2.30. The summed E-state index contributed by atoms with van der Waals surface area (Å²) in [5, 5.41) is 8.39. The van der Waals surface area contributed by atoms with Crippen molar-refractivity contribution in [2.45, 2.75) is 52.1 Å². The fraction of sp³-hybridized carbons (Fsp3) is 0.407. The normalized spacial score (nSPS) is 20.0. The molecular formula is C27H29N5O2S2. The molecule has 36 heavy (non-hydrogen) atoms. The summed E-state index contributed by atoms with van der Waals surface area (Å²) >= 11 is 1.64. The zero-order valence-corrected chi connectivity index (χ0v) is 22.2. The number of nitrogens with zero attached hydrogens (tertiary/aromatic N) is 5. The van der Waals surface area contributed by atoms with Crippen molar-refractivity contribution in [2.24, 2.45) is 0 Å². The monoisotopic (exact) mass is 519 g/mol. The first-order chi connectivity index (χ1) is 17.5. The van der Waals surface area contributed by atoms with Gasteiger partial charge in [-0.05, 0) is 31.2 Å². The van der Waals surface area contributed by atoms with Gasteiger partial charge in [-0.25, -0.2) is 4.98 Å². The summed E-state index contributed by atoms with van der Waals surface area (Å²) in [5.41, 5.74) is 5.29. The van der Waals surface area contributed by atoms with E-state index in [1.165, 1.54) is 5.69 Å². The second-order valence-electron chi connectivity index (χ2n) is 9.56. The second kappa shape index (κ2) is 9.52. The number of hydrogen-bond donors (Lipinski definition) is 0. The minimum Gasteiger partial charge on any atom is -0.338 e. The highest BCUT2D eigenvalue weighted by atomic mass is 32.2. The van der Waals surface area contributed by atoms with Crippen molar-refractivity contribution in [3.63, 3.8) is 0 Å². The molecule has 2 aliphatic heterocycles. The number of hydrogen-bond acceptors (Lipinski definition) is 6. The van der Waals surface area contributed by atoms with Crippen LogP contribution in [0.25, 0.3) is 32.6 Å². The number of benzene rings is 1. The van der Waals surface area contributed by atoms with Gasteiger partial charge in [0.2, 0.25) is 5.91 Å². The fourth-order valence-corrected chi connectivity index (χ4v) is 7.44. The maximum atomic E-state index is 12.6. The largest absolute Gasteiger partial charge is 0.338 e. The van der Waals surface area contributed by atoms with E-state index in [2.05, 4.69) is 33.9 Å². The third-order valence-corrected chi connectivity index (χ3v) is 9.66. The maximum Gasteiger partial charge on any atom is 0.222 e. The average Bonchev–Trinajstić information content (AvgIpc) is 3.51. The van der Waals surface area contributed by atoms with Crippen LogP contribution < -0.4 is 0 Å². The van der Waals surface area contributed by atoms with E-state index in [-0.39, 0.29) is 11.9 Å². The van der Waals surface area contributed by atoms with Gasteiger partial charge in [-0.1, -0.05) is 25.1 Å². The Morgan fingerprint density at radius 3 is 2.78 bits per heavy atom. The molecular weight excluding hydrogens is 490 g/mol. The van der Waals surface area contributed by atoms with Crippen molar-refractivity contribution in [3.8, 4) is 21.8 Å². The molecule has 0 spiro atoms. The van der Waals surface area contributed by atoms with E-state index < -0.39 is 10.8 Å². The van der Waals surface area contributed by atoms with Crippen LogP contribution in [-0.2, 0) is 28.6 Å². The van der Waals surface area contributed by atoms with Gasteiger partial charge in [-0.15, -0.1) is 11.3 Å². The molecule has 7 nitrogen and oxygen atoms in total. The number of thiazole rings is 1. The summed E-state index contributed by atoms with van der Waals surface area (Å²) in [6.45, 7) is 5.22. The van der Waals surface area contributed by atoms with Crippen LogP contribution in [0.1, 0.15) is 48.5 Å². The number of fused-ring (bicyclic) bond motifs is 2. The van der Waals surface area contributed by atoms with E-state index in [0.717, 1.165) is 80.5 Å². The minimum absolute atomic E-state index is 0.177. The Morgan fingerprint density at radius 1 is 1.19 bits per heavy atom. The van der Waals surface area contributed by atoms with Gasteiger partial charge in [0.1, 0.15) is 0 Å². The van der Waals surface area contributed by atoms with Crippen LogP contribution in [0.15, 0.2) is 36.7 Å². The standard InChI is InChI=1S/C27H29N5O2S2/c1-3-26(33)31-10-7-24-22(16-31)27(30-32(24)19-8-11-36(34)12-9-19)20-6-4-5-18-13-23(29-14-21(18)20)25-15-28-17(2)35-25/h4-6,13-15,19H,3,7-12,16H2,1-2H3. The predicted octanol–water partition coefficient (Wildman–Crippen LogP) is 4.91. The molecule has 0 N–H and O–H groups in total. The zero-order valence-electron chi connectivity index (χ0n) is 20.6. The first-order valence-corrected chi connectivity index (χ1v) is 14.9. The zero-order chi connectivity index (χ0) is 24.8. The summed E-state index contributed by atoms with van der Waals surface area (Å²) in [4.78, 5) is 24.8. The fourth-order valence-electron chi connectivity index (χ4n) is 5.42. The lowest BCUT2D eigenvalue weighted by molar-refractivity contribution is -0.131. The summed E-state index contributed by atoms with van der Waals surface area (Å²) in [6, 6.07) is 8.69. The van der Waals surface area contributed by atoms with E-state index >= 15 is 0 Å². The Labute approximate surface area is 217 Å². The molecule has 9 heteroatoms. The first-order valence-electron chi connectivity index (χ1n) is 12.6. The molecule has 6 rings (SSSR count). The molecule has 0 radical (unpaired) electrons. The van der Waals surface area contributed by atoms with E-state index in [1.807, 2.05) is 31.1 Å². The Kier molecular flexibility index (Phi) is 6.21. The maximum absolute atomic E-state index is 12.6. The van der Waals surface area contributed by atoms with Crippen molar-refractivity contribution in [1.82, 2.24) is 24.6 Å². The van der Waals surface area contributed by atoms with E-state index in [9.17, 15) is 9.00 Å². The molecule has 0 atom stereocenters. The quantitative estimate of drug-likeness (QED) is 0.383. The summed E-state index contributed by atoms with van der Waals surface area (Å²) in [6.07, 6.45) is 6.89. The van der Waals surface area contributed by atoms with Crippen molar-refractivity contribution in [2.75, 3.05) is 18.1 Å². The number of carbonyl (C=O) groups is 1. The molecule has 186 valence electrons. The molecule has 1 fully saturated rings. The van der Waals surface area contributed by atoms with Gasteiger partial charge in [0.05, 0.1) is 27.3 Å². The van der Waals surface area contributed by atoms with Crippen LogP contribution in [0.5, 0.6) is 0 Å². The van der Waals surface area contributed by atoms with Crippen LogP contribution >= 0.6 is 11.3 Å². The average molecular weight is 520 g/mol. The van der Waals surface area contributed by atoms with E-state index in [0.29, 0.717) is 13.0 Å². The lowest BCUT2D eigenvalue weighted by Crippen LogP contribution is -2.36. The molecule has 4 aromatic rings. The molecule has 1 amide bonds. The predicted molar refractivity (Wildman–Crippen MR) is 144 cm³/mol. The molecule has 3 aromatic heterocycles. The molecule has 0 saturated carbocycles. The number of amides is 1. The summed E-state index contributed by atoms with van der Waals surface area (Å²) in [5.74, 6) is 1.64. The Morgan fingerprint density at radius 2 is 2.03 bits per heavy atom. The van der Waals surface area contributed by atoms with Gasteiger partial charge in [0.15, 0.2) is 0 Å². The van der Waals surface area contributed by atoms with Gasteiger partial charge in [-0.2, -0.15) is 5.10 Å². The summed E-state index contributed by atoms with van der Waals surface area (Å²) < 4.78 is 14.2. The van der Waals surface area contributed by atoms with Gasteiger partial charge in [-0.3, -0.25) is 18.7 Å². The molecule has 5 heterocycles. The van der Waals surface area contributed by atoms with Crippen LogP contribution in [0.2, 0.25) is 0 Å². The third-order valence-electron chi connectivity index (χ3n) is 7.34. The number of aromatic nitrogens is 4. The van der Waals surface area contributed by atoms with Gasteiger partial charge in [0.25, 0.3) is 0 Å². The van der Waals surface area contributed by atoms with Crippen LogP contribution in [0, 0.1) is 6.92 Å². The highest BCUT2D eigenvalue weighted by Crippen LogP contribution is 2.38. The smallest absolute Gasteiger partial charge is 0.222 e. The minimum atomic E-state index is -0.720. The molecule has 1 saturated heterocycles. The highest BCUT2D eigenvalue weighted by Gasteiger charge is 2.31. The molecule has 1 aromatic carbocycles. The number of rotatable bonds is 4. The Bertz CT molecular complexity index is 1480. The van der Waals surface area contributed by atoms with Crippen LogP contribution in [-0.4, -0.2) is 52.8 Å².